The first-order valence-corrected chi connectivity index (χ1v) is 7.81. The topological polar surface area (TPSA) is 110 Å². The van der Waals surface area contributed by atoms with Gasteiger partial charge >= 0.3 is 0 Å². The molecule has 2 N–H and O–H groups in total. The summed E-state index contributed by atoms with van der Waals surface area (Å²) in [6.45, 7) is 0. The molecule has 114 valence electrons. The first kappa shape index (κ1) is 14.4. The highest BCUT2D eigenvalue weighted by Gasteiger charge is 2.17. The van der Waals surface area contributed by atoms with Crippen LogP contribution in [0.5, 0.6) is 5.75 Å². The lowest BCUT2D eigenvalue weighted by Crippen LogP contribution is -2.18. The van der Waals surface area contributed by atoms with Gasteiger partial charge in [-0.1, -0.05) is 0 Å². The van der Waals surface area contributed by atoms with Gasteiger partial charge in [-0.3, -0.25) is 0 Å². The lowest BCUT2D eigenvalue weighted by atomic mass is 10.2. The van der Waals surface area contributed by atoms with Crippen molar-refractivity contribution in [1.82, 2.24) is 24.7 Å². The van der Waals surface area contributed by atoms with Gasteiger partial charge in [-0.05, 0) is 19.2 Å². The zero-order valence-electron chi connectivity index (χ0n) is 11.9. The third kappa shape index (κ3) is 2.40. The Morgan fingerprint density at radius 3 is 2.82 bits per heavy atom. The zero-order valence-corrected chi connectivity index (χ0v) is 12.7. The van der Waals surface area contributed by atoms with E-state index in [1.165, 1.54) is 32.6 Å². The van der Waals surface area contributed by atoms with E-state index >= 15 is 0 Å². The number of imidazole rings is 1. The van der Waals surface area contributed by atoms with Crippen LogP contribution in [0.25, 0.3) is 22.6 Å². The molecule has 0 saturated heterocycles. The van der Waals surface area contributed by atoms with Crippen LogP contribution >= 0.6 is 0 Å². The number of aromatic amines is 1. The molecule has 0 unspecified atom stereocenters. The zero-order chi connectivity index (χ0) is 15.7. The highest BCUT2D eigenvalue weighted by atomic mass is 32.2. The molecular weight excluding hydrogens is 306 g/mol. The average molecular weight is 319 g/mol. The SMILES string of the molecule is CNS(=O)(=O)c1ccc(-c2nc3ncncc3[nH]2)c(OC)c1. The minimum absolute atomic E-state index is 0.117. The maximum atomic E-state index is 11.8. The summed E-state index contributed by atoms with van der Waals surface area (Å²) in [6, 6.07) is 4.57. The fourth-order valence-corrected chi connectivity index (χ4v) is 2.79. The second kappa shape index (κ2) is 5.35. The van der Waals surface area contributed by atoms with E-state index in [1.807, 2.05) is 0 Å². The monoisotopic (exact) mass is 319 g/mol. The summed E-state index contributed by atoms with van der Waals surface area (Å²) in [5.74, 6) is 0.920. The van der Waals surface area contributed by atoms with E-state index in [-0.39, 0.29) is 4.90 Å². The highest BCUT2D eigenvalue weighted by Crippen LogP contribution is 2.31. The fourth-order valence-electron chi connectivity index (χ4n) is 2.04. The fraction of sp³-hybridized carbons (Fsp3) is 0.154. The van der Waals surface area contributed by atoms with Crippen molar-refractivity contribution >= 4 is 21.2 Å². The van der Waals surface area contributed by atoms with Crippen molar-refractivity contribution in [2.45, 2.75) is 4.90 Å². The van der Waals surface area contributed by atoms with E-state index in [0.29, 0.717) is 28.3 Å². The van der Waals surface area contributed by atoms with Gasteiger partial charge in [-0.2, -0.15) is 0 Å². The van der Waals surface area contributed by atoms with Crippen LogP contribution in [-0.2, 0) is 10.0 Å². The Labute approximate surface area is 126 Å². The van der Waals surface area contributed by atoms with Crippen molar-refractivity contribution < 1.29 is 13.2 Å². The molecular formula is C13H13N5O3S. The number of nitrogens with one attached hydrogen (secondary N) is 2. The molecule has 0 atom stereocenters. The van der Waals surface area contributed by atoms with Gasteiger partial charge < -0.3 is 9.72 Å². The number of ether oxygens (including phenoxy) is 1. The molecule has 0 saturated carbocycles. The third-order valence-electron chi connectivity index (χ3n) is 3.17. The van der Waals surface area contributed by atoms with E-state index in [1.54, 1.807) is 12.3 Å². The Hall–Kier alpha value is -2.52. The van der Waals surface area contributed by atoms with Crippen molar-refractivity contribution in [3.05, 3.63) is 30.7 Å². The van der Waals surface area contributed by atoms with Crippen molar-refractivity contribution in [2.24, 2.45) is 0 Å². The molecule has 2 aromatic heterocycles. The smallest absolute Gasteiger partial charge is 0.240 e. The molecule has 8 nitrogen and oxygen atoms in total. The molecule has 3 rings (SSSR count). The van der Waals surface area contributed by atoms with Crippen LogP contribution < -0.4 is 9.46 Å². The maximum Gasteiger partial charge on any atom is 0.240 e. The lowest BCUT2D eigenvalue weighted by Gasteiger charge is -2.09. The number of nitrogens with zero attached hydrogens (tertiary/aromatic N) is 3. The van der Waals surface area contributed by atoms with Gasteiger partial charge in [-0.25, -0.2) is 28.1 Å². The Morgan fingerprint density at radius 1 is 1.32 bits per heavy atom. The van der Waals surface area contributed by atoms with Crippen molar-refractivity contribution in [3.8, 4) is 17.1 Å². The summed E-state index contributed by atoms with van der Waals surface area (Å²) < 4.78 is 31.3. The summed E-state index contributed by atoms with van der Waals surface area (Å²) in [6.07, 6.45) is 3.03. The molecule has 0 aliphatic heterocycles. The van der Waals surface area contributed by atoms with Crippen LogP contribution in [0.2, 0.25) is 0 Å². The van der Waals surface area contributed by atoms with E-state index < -0.39 is 10.0 Å². The average Bonchev–Trinajstić information content (AvgIpc) is 2.98. The summed E-state index contributed by atoms with van der Waals surface area (Å²) in [4.78, 5) is 15.5. The molecule has 22 heavy (non-hydrogen) atoms. The predicted octanol–water partition coefficient (Wildman–Crippen LogP) is 0.937. The molecule has 0 bridgehead atoms. The third-order valence-corrected chi connectivity index (χ3v) is 4.58. The number of fused-ring (bicyclic) bond motifs is 1. The van der Waals surface area contributed by atoms with Crippen LogP contribution in [-0.4, -0.2) is 42.5 Å². The normalized spacial score (nSPS) is 11.7. The van der Waals surface area contributed by atoms with Gasteiger partial charge in [0.15, 0.2) is 5.65 Å². The van der Waals surface area contributed by atoms with Gasteiger partial charge in [-0.15, -0.1) is 0 Å². The second-order valence-corrected chi connectivity index (χ2v) is 6.30. The molecule has 0 amide bonds. The van der Waals surface area contributed by atoms with Gasteiger partial charge in [0, 0.05) is 6.07 Å². The number of hydrogen-bond donors (Lipinski definition) is 2. The maximum absolute atomic E-state index is 11.8. The molecule has 2 heterocycles. The minimum atomic E-state index is -3.54. The van der Waals surface area contributed by atoms with Gasteiger partial charge in [0.2, 0.25) is 10.0 Å². The molecule has 3 aromatic rings. The number of aromatic nitrogens is 4. The Kier molecular flexibility index (Phi) is 3.51. The number of H-pyrrole nitrogens is 1. The molecule has 1 aromatic carbocycles. The number of benzene rings is 1. The minimum Gasteiger partial charge on any atom is -0.496 e. The van der Waals surface area contributed by atoms with E-state index in [2.05, 4.69) is 24.7 Å². The standard InChI is InChI=1S/C13H13N5O3S/c1-14-22(19,20)8-3-4-9(11(5-8)21-2)12-17-10-6-15-7-16-13(10)18-12/h3-7,14H,1-2H3,(H,15,16,17,18). The van der Waals surface area contributed by atoms with E-state index in [4.69, 9.17) is 4.74 Å². The van der Waals surface area contributed by atoms with Gasteiger partial charge in [0.25, 0.3) is 0 Å². The lowest BCUT2D eigenvalue weighted by molar-refractivity contribution is 0.415. The van der Waals surface area contributed by atoms with Crippen LogP contribution in [0, 0.1) is 0 Å². The first-order valence-electron chi connectivity index (χ1n) is 6.33. The number of hydrogen-bond acceptors (Lipinski definition) is 6. The molecule has 0 radical (unpaired) electrons. The summed E-state index contributed by atoms with van der Waals surface area (Å²) in [5.41, 5.74) is 1.85. The van der Waals surface area contributed by atoms with Gasteiger partial charge in [0.05, 0.1) is 23.8 Å². The molecule has 0 aliphatic rings. The Morgan fingerprint density at radius 2 is 2.14 bits per heavy atom. The highest BCUT2D eigenvalue weighted by molar-refractivity contribution is 7.89. The van der Waals surface area contributed by atoms with E-state index in [9.17, 15) is 8.42 Å². The summed E-state index contributed by atoms with van der Waals surface area (Å²) in [5, 5.41) is 0. The second-order valence-electron chi connectivity index (χ2n) is 4.42. The Bertz CT molecular complexity index is 903. The van der Waals surface area contributed by atoms with E-state index in [0.717, 1.165) is 0 Å². The van der Waals surface area contributed by atoms with Crippen LogP contribution in [0.15, 0.2) is 35.6 Å². The quantitative estimate of drug-likeness (QED) is 0.740. The molecule has 9 heteroatoms. The molecule has 0 spiro atoms. The van der Waals surface area contributed by atoms with Crippen molar-refractivity contribution in [1.29, 1.82) is 0 Å². The van der Waals surface area contributed by atoms with Crippen LogP contribution in [0.1, 0.15) is 0 Å². The summed E-state index contributed by atoms with van der Waals surface area (Å²) >= 11 is 0. The Balaban J connectivity index is 2.14. The van der Waals surface area contributed by atoms with Crippen molar-refractivity contribution in [2.75, 3.05) is 14.2 Å². The number of sulfonamides is 1. The van der Waals surface area contributed by atoms with Crippen molar-refractivity contribution in [3.63, 3.8) is 0 Å². The first-order chi connectivity index (χ1) is 10.5. The molecule has 0 aliphatic carbocycles. The van der Waals surface area contributed by atoms with Crippen LogP contribution in [0.3, 0.4) is 0 Å². The summed E-state index contributed by atoms with van der Waals surface area (Å²) in [7, 11) is -0.713. The number of methoxy groups -OCH3 is 1. The predicted molar refractivity (Wildman–Crippen MR) is 79.9 cm³/mol. The van der Waals surface area contributed by atoms with Gasteiger partial charge in [0.1, 0.15) is 23.4 Å². The largest absolute Gasteiger partial charge is 0.496 e. The van der Waals surface area contributed by atoms with Crippen LogP contribution in [0.4, 0.5) is 0 Å². The number of rotatable bonds is 4. The molecule has 0 fully saturated rings.